The van der Waals surface area contributed by atoms with E-state index < -0.39 is 29.1 Å². The Morgan fingerprint density at radius 2 is 1.62 bits per heavy atom. The molecule has 0 aliphatic rings. The van der Waals surface area contributed by atoms with Gasteiger partial charge in [0, 0.05) is 23.8 Å². The highest BCUT2D eigenvalue weighted by Crippen LogP contribution is 2.23. The van der Waals surface area contributed by atoms with Crippen molar-refractivity contribution >= 4 is 29.2 Å². The minimum Gasteiger partial charge on any atom is -0.460 e. The number of carbonyl (C=O) groups is 2. The second-order valence-corrected chi connectivity index (χ2v) is 8.28. The summed E-state index contributed by atoms with van der Waals surface area (Å²) < 4.78 is 32.5. The SMILES string of the molecule is CN(C(=O)[C@@H](CC(=O)OC(C)(C)C)Cc1cc(F)cc(F)c1)c1ccc(Cl)cc1. The molecule has 7 heteroatoms. The molecule has 0 fully saturated rings. The zero-order valence-corrected chi connectivity index (χ0v) is 17.6. The van der Waals surface area contributed by atoms with Crippen LogP contribution in [-0.2, 0) is 20.7 Å². The van der Waals surface area contributed by atoms with Gasteiger partial charge in [-0.2, -0.15) is 0 Å². The van der Waals surface area contributed by atoms with Crippen molar-refractivity contribution in [3.05, 3.63) is 64.7 Å². The predicted octanol–water partition coefficient (Wildman–Crippen LogP) is 5.17. The third-order valence-corrected chi connectivity index (χ3v) is 4.38. The number of esters is 1. The summed E-state index contributed by atoms with van der Waals surface area (Å²) in [6, 6.07) is 9.70. The van der Waals surface area contributed by atoms with E-state index in [-0.39, 0.29) is 24.3 Å². The quantitative estimate of drug-likeness (QED) is 0.602. The van der Waals surface area contributed by atoms with Crippen molar-refractivity contribution in [1.82, 2.24) is 0 Å². The van der Waals surface area contributed by atoms with Crippen LogP contribution in [0.2, 0.25) is 5.02 Å². The third-order valence-electron chi connectivity index (χ3n) is 4.13. The lowest BCUT2D eigenvalue weighted by Crippen LogP contribution is -2.36. The predicted molar refractivity (Wildman–Crippen MR) is 109 cm³/mol. The Labute approximate surface area is 174 Å². The molecule has 0 N–H and O–H groups in total. The Bertz CT molecular complexity index is 858. The van der Waals surface area contributed by atoms with Gasteiger partial charge >= 0.3 is 5.97 Å². The fraction of sp³-hybridized carbons (Fsp3) is 0.364. The maximum Gasteiger partial charge on any atom is 0.307 e. The summed E-state index contributed by atoms with van der Waals surface area (Å²) >= 11 is 5.89. The molecule has 1 amide bonds. The number of carbonyl (C=O) groups excluding carboxylic acids is 2. The Morgan fingerprint density at radius 3 is 2.14 bits per heavy atom. The number of halogens is 3. The average molecular weight is 424 g/mol. The molecule has 0 aliphatic carbocycles. The van der Waals surface area contributed by atoms with Gasteiger partial charge < -0.3 is 9.64 Å². The van der Waals surface area contributed by atoms with Gasteiger partial charge in [-0.05, 0) is 69.2 Å². The molecular formula is C22H24ClF2NO3. The molecule has 2 rings (SSSR count). The number of amides is 1. The summed E-state index contributed by atoms with van der Waals surface area (Å²) in [5.74, 6) is -3.27. The molecule has 0 aromatic heterocycles. The van der Waals surface area contributed by atoms with E-state index in [1.807, 2.05) is 0 Å². The van der Waals surface area contributed by atoms with Crippen LogP contribution in [0.15, 0.2) is 42.5 Å². The molecule has 0 aliphatic heterocycles. The minimum absolute atomic E-state index is 0.00924. The van der Waals surface area contributed by atoms with Crippen LogP contribution in [0, 0.1) is 17.6 Å². The summed E-state index contributed by atoms with van der Waals surface area (Å²) in [5, 5.41) is 0.523. The summed E-state index contributed by atoms with van der Waals surface area (Å²) in [6.07, 6.45) is -0.225. The van der Waals surface area contributed by atoms with E-state index >= 15 is 0 Å². The first-order chi connectivity index (χ1) is 13.4. The van der Waals surface area contributed by atoms with Gasteiger partial charge in [0.15, 0.2) is 0 Å². The topological polar surface area (TPSA) is 46.6 Å². The molecule has 0 heterocycles. The van der Waals surface area contributed by atoms with Gasteiger partial charge in [0.2, 0.25) is 5.91 Å². The lowest BCUT2D eigenvalue weighted by atomic mass is 9.94. The second kappa shape index (κ2) is 9.35. The molecular weight excluding hydrogens is 400 g/mol. The molecule has 0 saturated carbocycles. The van der Waals surface area contributed by atoms with Gasteiger partial charge in [-0.1, -0.05) is 11.6 Å². The van der Waals surface area contributed by atoms with Gasteiger partial charge in [-0.25, -0.2) is 8.78 Å². The minimum atomic E-state index is -0.855. The van der Waals surface area contributed by atoms with Crippen LogP contribution < -0.4 is 4.90 Å². The first-order valence-electron chi connectivity index (χ1n) is 9.14. The second-order valence-electron chi connectivity index (χ2n) is 7.84. The van der Waals surface area contributed by atoms with E-state index in [1.165, 1.54) is 4.90 Å². The van der Waals surface area contributed by atoms with Crippen molar-refractivity contribution < 1.29 is 23.1 Å². The largest absolute Gasteiger partial charge is 0.460 e. The number of hydrogen-bond donors (Lipinski definition) is 0. The number of nitrogens with zero attached hydrogens (tertiary/aromatic N) is 1. The first-order valence-corrected chi connectivity index (χ1v) is 9.52. The highest BCUT2D eigenvalue weighted by Gasteiger charge is 2.29. The van der Waals surface area contributed by atoms with E-state index in [1.54, 1.807) is 52.1 Å². The summed E-state index contributed by atoms with van der Waals surface area (Å²) in [7, 11) is 1.57. The maximum atomic E-state index is 13.6. The van der Waals surface area contributed by atoms with Crippen molar-refractivity contribution in [3.63, 3.8) is 0 Å². The van der Waals surface area contributed by atoms with Gasteiger partial charge in [-0.15, -0.1) is 0 Å². The van der Waals surface area contributed by atoms with Crippen molar-refractivity contribution in [1.29, 1.82) is 0 Å². The molecule has 0 unspecified atom stereocenters. The Kier molecular flexibility index (Phi) is 7.36. The standard InChI is InChI=1S/C22H24ClF2NO3/c1-22(2,3)29-20(27)12-15(9-14-10-17(24)13-18(25)11-14)21(28)26(4)19-7-5-16(23)6-8-19/h5-8,10-11,13,15H,9,12H2,1-4H3/t15-/m1/s1. The fourth-order valence-corrected chi connectivity index (χ4v) is 3.04. The molecule has 29 heavy (non-hydrogen) atoms. The molecule has 2 aromatic rings. The van der Waals surface area contributed by atoms with Crippen LogP contribution >= 0.6 is 11.6 Å². The number of ether oxygens (including phenoxy) is 1. The van der Waals surface area contributed by atoms with Crippen LogP contribution in [0.4, 0.5) is 14.5 Å². The Hall–Kier alpha value is -2.47. The zero-order valence-electron chi connectivity index (χ0n) is 16.8. The number of rotatable bonds is 6. The summed E-state index contributed by atoms with van der Waals surface area (Å²) in [6.45, 7) is 5.18. The molecule has 1 atom stereocenters. The highest BCUT2D eigenvalue weighted by atomic mass is 35.5. The first kappa shape index (κ1) is 22.8. The Balaban J connectivity index is 2.27. The van der Waals surface area contributed by atoms with E-state index in [9.17, 15) is 18.4 Å². The van der Waals surface area contributed by atoms with Crippen molar-refractivity contribution in [2.45, 2.75) is 39.2 Å². The monoisotopic (exact) mass is 423 g/mol. The fourth-order valence-electron chi connectivity index (χ4n) is 2.91. The van der Waals surface area contributed by atoms with Gasteiger partial charge in [0.25, 0.3) is 0 Å². The maximum absolute atomic E-state index is 13.6. The molecule has 4 nitrogen and oxygen atoms in total. The normalized spacial score (nSPS) is 12.4. The molecule has 2 aromatic carbocycles. The Morgan fingerprint density at radius 1 is 1.07 bits per heavy atom. The van der Waals surface area contributed by atoms with E-state index in [4.69, 9.17) is 16.3 Å². The van der Waals surface area contributed by atoms with Crippen molar-refractivity contribution in [2.24, 2.45) is 5.92 Å². The summed E-state index contributed by atoms with van der Waals surface area (Å²) in [4.78, 5) is 26.8. The van der Waals surface area contributed by atoms with Crippen LogP contribution in [0.1, 0.15) is 32.8 Å². The average Bonchev–Trinajstić information content (AvgIpc) is 2.58. The highest BCUT2D eigenvalue weighted by molar-refractivity contribution is 6.30. The number of anilines is 1. The van der Waals surface area contributed by atoms with Crippen molar-refractivity contribution in [2.75, 3.05) is 11.9 Å². The lowest BCUT2D eigenvalue weighted by Gasteiger charge is -2.25. The number of hydrogen-bond acceptors (Lipinski definition) is 3. The molecule has 156 valence electrons. The lowest BCUT2D eigenvalue weighted by molar-refractivity contribution is -0.157. The summed E-state index contributed by atoms with van der Waals surface area (Å²) in [5.41, 5.74) is 0.158. The third kappa shape index (κ3) is 7.13. The zero-order chi connectivity index (χ0) is 21.8. The smallest absolute Gasteiger partial charge is 0.307 e. The van der Waals surface area contributed by atoms with Crippen LogP contribution in [0.5, 0.6) is 0 Å². The van der Waals surface area contributed by atoms with Crippen LogP contribution in [0.3, 0.4) is 0 Å². The van der Waals surface area contributed by atoms with E-state index in [0.717, 1.165) is 18.2 Å². The number of benzene rings is 2. The molecule has 0 saturated heterocycles. The van der Waals surface area contributed by atoms with Gasteiger partial charge in [0.1, 0.15) is 17.2 Å². The van der Waals surface area contributed by atoms with Crippen LogP contribution in [0.25, 0.3) is 0 Å². The molecule has 0 bridgehead atoms. The van der Waals surface area contributed by atoms with E-state index in [2.05, 4.69) is 0 Å². The van der Waals surface area contributed by atoms with Crippen molar-refractivity contribution in [3.8, 4) is 0 Å². The molecule has 0 spiro atoms. The van der Waals surface area contributed by atoms with Gasteiger partial charge in [-0.3, -0.25) is 9.59 Å². The van der Waals surface area contributed by atoms with Crippen LogP contribution in [-0.4, -0.2) is 24.5 Å². The molecule has 0 radical (unpaired) electrons. The van der Waals surface area contributed by atoms with Gasteiger partial charge in [0.05, 0.1) is 12.3 Å². The van der Waals surface area contributed by atoms with E-state index in [0.29, 0.717) is 10.7 Å².